The second kappa shape index (κ2) is 5.52. The monoisotopic (exact) mass is 252 g/mol. The molecule has 6 nitrogen and oxygen atoms in total. The standard InChI is InChI=1S/C11H13FN4O2/c12-10-3-2-9(6-14-10)7-15-5-1-4-13-11(15)8-16(17)18/h2-3,6H,1,4-5,7-8H2. The maximum atomic E-state index is 12.7. The first-order valence-corrected chi connectivity index (χ1v) is 5.65. The lowest BCUT2D eigenvalue weighted by atomic mass is 10.2. The Balaban J connectivity index is 2.06. The van der Waals surface area contributed by atoms with E-state index in [9.17, 15) is 14.5 Å². The molecule has 0 aromatic carbocycles. The molecule has 0 unspecified atom stereocenters. The van der Waals surface area contributed by atoms with E-state index in [1.165, 1.54) is 12.3 Å². The molecule has 0 N–H and O–H groups in total. The summed E-state index contributed by atoms with van der Waals surface area (Å²) >= 11 is 0. The maximum absolute atomic E-state index is 12.7. The Morgan fingerprint density at radius 2 is 2.33 bits per heavy atom. The van der Waals surface area contributed by atoms with Gasteiger partial charge < -0.3 is 4.90 Å². The summed E-state index contributed by atoms with van der Waals surface area (Å²) in [6.07, 6.45) is 2.31. The van der Waals surface area contributed by atoms with Crippen molar-refractivity contribution in [1.82, 2.24) is 9.88 Å². The largest absolute Gasteiger partial charge is 0.350 e. The van der Waals surface area contributed by atoms with Crippen LogP contribution >= 0.6 is 0 Å². The number of rotatable bonds is 4. The molecule has 7 heteroatoms. The Labute approximate surface area is 103 Å². The van der Waals surface area contributed by atoms with Crippen molar-refractivity contribution in [3.63, 3.8) is 0 Å². The van der Waals surface area contributed by atoms with Crippen molar-refractivity contribution in [2.24, 2.45) is 4.99 Å². The first-order valence-electron chi connectivity index (χ1n) is 5.65. The average Bonchev–Trinajstić information content (AvgIpc) is 2.34. The summed E-state index contributed by atoms with van der Waals surface area (Å²) in [6.45, 7) is 1.56. The summed E-state index contributed by atoms with van der Waals surface area (Å²) in [5.41, 5.74) is 0.814. The predicted octanol–water partition coefficient (Wildman–Crippen LogP) is 1.10. The number of amidine groups is 1. The van der Waals surface area contributed by atoms with Crippen LogP contribution in [0.2, 0.25) is 0 Å². The minimum absolute atomic E-state index is 0.269. The van der Waals surface area contributed by atoms with E-state index in [-0.39, 0.29) is 11.5 Å². The molecular weight excluding hydrogens is 239 g/mol. The van der Waals surface area contributed by atoms with Gasteiger partial charge in [-0.3, -0.25) is 15.1 Å². The van der Waals surface area contributed by atoms with Gasteiger partial charge in [0.25, 0.3) is 6.54 Å². The molecular formula is C11H13FN4O2. The maximum Gasteiger partial charge on any atom is 0.260 e. The molecule has 0 bridgehead atoms. The summed E-state index contributed by atoms with van der Waals surface area (Å²) < 4.78 is 12.7. The van der Waals surface area contributed by atoms with Crippen molar-refractivity contribution in [2.75, 3.05) is 19.6 Å². The number of pyridine rings is 1. The molecule has 96 valence electrons. The highest BCUT2D eigenvalue weighted by Gasteiger charge is 2.19. The minimum atomic E-state index is -0.531. The highest BCUT2D eigenvalue weighted by Crippen LogP contribution is 2.10. The molecule has 2 rings (SSSR count). The lowest BCUT2D eigenvalue weighted by molar-refractivity contribution is -0.464. The second-order valence-corrected chi connectivity index (χ2v) is 4.05. The van der Waals surface area contributed by atoms with Gasteiger partial charge in [-0.05, 0) is 18.1 Å². The van der Waals surface area contributed by atoms with Crippen LogP contribution in [0.25, 0.3) is 0 Å². The lowest BCUT2D eigenvalue weighted by Crippen LogP contribution is -2.39. The van der Waals surface area contributed by atoms with Crippen LogP contribution in [-0.2, 0) is 6.54 Å². The van der Waals surface area contributed by atoms with Gasteiger partial charge in [0, 0.05) is 30.8 Å². The van der Waals surface area contributed by atoms with Crippen LogP contribution in [0.5, 0.6) is 0 Å². The van der Waals surface area contributed by atoms with Gasteiger partial charge in [-0.1, -0.05) is 6.07 Å². The number of hydrogen-bond donors (Lipinski definition) is 0. The summed E-state index contributed by atoms with van der Waals surface area (Å²) in [5.74, 6) is -0.0489. The summed E-state index contributed by atoms with van der Waals surface area (Å²) in [5, 5.41) is 10.5. The summed E-state index contributed by atoms with van der Waals surface area (Å²) in [4.78, 5) is 19.7. The number of aromatic nitrogens is 1. The molecule has 0 fully saturated rings. The van der Waals surface area contributed by atoms with E-state index >= 15 is 0 Å². The van der Waals surface area contributed by atoms with Crippen LogP contribution in [0.1, 0.15) is 12.0 Å². The van der Waals surface area contributed by atoms with Crippen molar-refractivity contribution in [1.29, 1.82) is 0 Å². The van der Waals surface area contributed by atoms with E-state index in [1.807, 2.05) is 4.90 Å². The highest BCUT2D eigenvalue weighted by molar-refractivity contribution is 5.83. The third-order valence-corrected chi connectivity index (χ3v) is 2.68. The number of hydrogen-bond acceptors (Lipinski definition) is 5. The van der Waals surface area contributed by atoms with Crippen molar-refractivity contribution >= 4 is 5.84 Å². The van der Waals surface area contributed by atoms with Gasteiger partial charge in [0.1, 0.15) is 0 Å². The van der Waals surface area contributed by atoms with E-state index in [0.29, 0.717) is 18.9 Å². The smallest absolute Gasteiger partial charge is 0.260 e. The molecule has 0 spiro atoms. The highest BCUT2D eigenvalue weighted by atomic mass is 19.1. The topological polar surface area (TPSA) is 71.6 Å². The number of halogens is 1. The molecule has 0 saturated heterocycles. The van der Waals surface area contributed by atoms with Gasteiger partial charge in [0.15, 0.2) is 5.84 Å². The lowest BCUT2D eigenvalue weighted by Gasteiger charge is -2.27. The fraction of sp³-hybridized carbons (Fsp3) is 0.455. The summed E-state index contributed by atoms with van der Waals surface area (Å²) in [6, 6.07) is 2.91. The van der Waals surface area contributed by atoms with E-state index in [0.717, 1.165) is 18.5 Å². The second-order valence-electron chi connectivity index (χ2n) is 4.05. The number of nitro groups is 1. The van der Waals surface area contributed by atoms with Gasteiger partial charge in [-0.15, -0.1) is 0 Å². The fourth-order valence-electron chi connectivity index (χ4n) is 1.85. The minimum Gasteiger partial charge on any atom is -0.350 e. The molecule has 2 heterocycles. The van der Waals surface area contributed by atoms with Crippen molar-refractivity contribution in [3.8, 4) is 0 Å². The van der Waals surface area contributed by atoms with Crippen LogP contribution in [0, 0.1) is 16.1 Å². The van der Waals surface area contributed by atoms with E-state index < -0.39 is 5.95 Å². The Hall–Kier alpha value is -2.05. The molecule has 0 amide bonds. The zero-order valence-corrected chi connectivity index (χ0v) is 9.75. The van der Waals surface area contributed by atoms with Crippen molar-refractivity contribution in [2.45, 2.75) is 13.0 Å². The molecule has 18 heavy (non-hydrogen) atoms. The number of nitrogens with zero attached hydrogens (tertiary/aromatic N) is 4. The molecule has 1 aromatic rings. The molecule has 0 aliphatic carbocycles. The Kier molecular flexibility index (Phi) is 3.81. The van der Waals surface area contributed by atoms with Gasteiger partial charge >= 0.3 is 0 Å². The van der Waals surface area contributed by atoms with Crippen LogP contribution < -0.4 is 0 Å². The Morgan fingerprint density at radius 1 is 1.50 bits per heavy atom. The summed E-state index contributed by atoms with van der Waals surface area (Å²) in [7, 11) is 0. The first-order chi connectivity index (χ1) is 8.65. The third kappa shape index (κ3) is 3.22. The van der Waals surface area contributed by atoms with E-state index in [1.54, 1.807) is 6.07 Å². The quantitative estimate of drug-likeness (QED) is 0.457. The molecule has 0 atom stereocenters. The molecule has 1 aliphatic rings. The Morgan fingerprint density at radius 3 is 3.00 bits per heavy atom. The molecule has 0 radical (unpaired) electrons. The van der Waals surface area contributed by atoms with Crippen molar-refractivity contribution < 1.29 is 9.31 Å². The van der Waals surface area contributed by atoms with Crippen molar-refractivity contribution in [3.05, 3.63) is 40.0 Å². The van der Waals surface area contributed by atoms with E-state index in [2.05, 4.69) is 9.98 Å². The van der Waals surface area contributed by atoms with Gasteiger partial charge in [-0.25, -0.2) is 4.98 Å². The van der Waals surface area contributed by atoms with Crippen LogP contribution in [0.3, 0.4) is 0 Å². The SMILES string of the molecule is O=[N+]([O-])CC1=NCCCN1Cc1ccc(F)nc1. The van der Waals surface area contributed by atoms with Crippen LogP contribution in [-0.4, -0.2) is 40.3 Å². The van der Waals surface area contributed by atoms with E-state index in [4.69, 9.17) is 0 Å². The average molecular weight is 252 g/mol. The third-order valence-electron chi connectivity index (χ3n) is 2.68. The van der Waals surface area contributed by atoms with Gasteiger partial charge in [0.2, 0.25) is 5.95 Å². The molecule has 1 aliphatic heterocycles. The zero-order valence-electron chi connectivity index (χ0n) is 9.75. The fourth-order valence-corrected chi connectivity index (χ4v) is 1.85. The van der Waals surface area contributed by atoms with Crippen LogP contribution in [0.4, 0.5) is 4.39 Å². The van der Waals surface area contributed by atoms with Crippen LogP contribution in [0.15, 0.2) is 23.3 Å². The molecule has 0 saturated carbocycles. The Bertz CT molecular complexity index is 461. The van der Waals surface area contributed by atoms with Gasteiger partial charge in [-0.2, -0.15) is 4.39 Å². The predicted molar refractivity (Wildman–Crippen MR) is 63.4 cm³/mol. The first kappa shape index (κ1) is 12.4. The number of aliphatic imine (C=N–C) groups is 1. The molecule has 1 aromatic heterocycles. The van der Waals surface area contributed by atoms with Gasteiger partial charge in [0.05, 0.1) is 0 Å². The zero-order chi connectivity index (χ0) is 13.0. The normalized spacial score (nSPS) is 15.4.